The van der Waals surface area contributed by atoms with Crippen molar-refractivity contribution in [3.63, 3.8) is 0 Å². The Hall–Kier alpha value is -2.98. The molecule has 2 heterocycles. The Morgan fingerprint density at radius 2 is 2.04 bits per heavy atom. The van der Waals surface area contributed by atoms with E-state index in [2.05, 4.69) is 21.5 Å². The number of nitrogens with zero attached hydrogens (tertiary/aromatic N) is 3. The summed E-state index contributed by atoms with van der Waals surface area (Å²) in [5.74, 6) is 0.757. The molecule has 1 amide bonds. The number of hydrogen-bond acceptors (Lipinski definition) is 6. The van der Waals surface area contributed by atoms with Crippen LogP contribution in [0.5, 0.6) is 0 Å². The summed E-state index contributed by atoms with van der Waals surface area (Å²) in [6.45, 7) is 1.75. The third-order valence-corrected chi connectivity index (χ3v) is 5.64. The average Bonchev–Trinajstić information content (AvgIpc) is 3.24. The van der Waals surface area contributed by atoms with E-state index in [1.54, 1.807) is 31.2 Å². The monoisotopic (exact) mass is 364 g/mol. The second-order valence-electron chi connectivity index (χ2n) is 6.21. The third kappa shape index (κ3) is 3.00. The molecule has 0 atom stereocenters. The number of thiophene rings is 1. The number of amides is 1. The van der Waals surface area contributed by atoms with E-state index in [0.717, 1.165) is 36.8 Å². The fraction of sp³-hybridized carbons (Fsp3) is 0.263. The van der Waals surface area contributed by atoms with Gasteiger partial charge in [0.15, 0.2) is 5.82 Å². The number of rotatable bonds is 3. The number of anilines is 1. The van der Waals surface area contributed by atoms with Crippen molar-refractivity contribution in [3.05, 3.63) is 51.7 Å². The zero-order valence-corrected chi connectivity index (χ0v) is 15.0. The van der Waals surface area contributed by atoms with Gasteiger partial charge < -0.3 is 9.84 Å². The molecule has 0 radical (unpaired) electrons. The molecular formula is C19H16N4O2S. The first-order chi connectivity index (χ1) is 12.7. The van der Waals surface area contributed by atoms with E-state index >= 15 is 0 Å². The number of nitrogens with one attached hydrogen (secondary N) is 1. The molecule has 1 aliphatic rings. The Balaban J connectivity index is 1.55. The van der Waals surface area contributed by atoms with Crippen LogP contribution in [-0.4, -0.2) is 16.0 Å². The maximum Gasteiger partial charge on any atom is 0.257 e. The molecule has 130 valence electrons. The smallest absolute Gasteiger partial charge is 0.257 e. The lowest BCUT2D eigenvalue weighted by molar-refractivity contribution is 0.102. The van der Waals surface area contributed by atoms with Crippen LogP contribution in [0, 0.1) is 18.3 Å². The molecule has 0 spiro atoms. The Morgan fingerprint density at radius 1 is 1.27 bits per heavy atom. The van der Waals surface area contributed by atoms with Gasteiger partial charge in [-0.05, 0) is 62.4 Å². The standard InChI is InChI=1S/C19H16N4O2S/c1-11-21-18(25-23-11)13-8-6-12(7-9-13)17(24)22-19-15(10-20)14-4-2-3-5-16(14)26-19/h6-9H,2-5H2,1H3,(H,22,24). The number of carbonyl (C=O) groups is 1. The summed E-state index contributed by atoms with van der Waals surface area (Å²) >= 11 is 1.52. The molecule has 0 saturated carbocycles. The van der Waals surface area contributed by atoms with E-state index in [1.807, 2.05) is 0 Å². The van der Waals surface area contributed by atoms with Crippen molar-refractivity contribution in [3.8, 4) is 17.5 Å². The summed E-state index contributed by atoms with van der Waals surface area (Å²) in [4.78, 5) is 18.0. The van der Waals surface area contributed by atoms with Gasteiger partial charge in [-0.3, -0.25) is 4.79 Å². The van der Waals surface area contributed by atoms with Gasteiger partial charge in [0.2, 0.25) is 0 Å². The lowest BCUT2D eigenvalue weighted by Gasteiger charge is -2.09. The molecule has 0 saturated heterocycles. The van der Waals surface area contributed by atoms with Crippen molar-refractivity contribution in [2.45, 2.75) is 32.6 Å². The number of carbonyl (C=O) groups excluding carboxylic acids is 1. The van der Waals surface area contributed by atoms with Crippen LogP contribution in [0.2, 0.25) is 0 Å². The molecule has 1 aromatic carbocycles. The SMILES string of the molecule is Cc1noc(-c2ccc(C(=O)Nc3sc4c(c3C#N)CCCC4)cc2)n1. The summed E-state index contributed by atoms with van der Waals surface area (Å²) in [7, 11) is 0. The Bertz CT molecular complexity index is 1010. The van der Waals surface area contributed by atoms with E-state index < -0.39 is 0 Å². The molecular weight excluding hydrogens is 348 g/mol. The summed E-state index contributed by atoms with van der Waals surface area (Å²) in [6.07, 6.45) is 4.15. The third-order valence-electron chi connectivity index (χ3n) is 4.43. The normalized spacial score (nSPS) is 13.1. The second-order valence-corrected chi connectivity index (χ2v) is 7.31. The Labute approximate surface area is 154 Å². The highest BCUT2D eigenvalue weighted by Crippen LogP contribution is 2.37. The lowest BCUT2D eigenvalue weighted by atomic mass is 9.96. The van der Waals surface area contributed by atoms with Gasteiger partial charge in [0.05, 0.1) is 5.56 Å². The van der Waals surface area contributed by atoms with Crippen molar-refractivity contribution in [2.75, 3.05) is 5.32 Å². The minimum atomic E-state index is -0.228. The molecule has 1 N–H and O–H groups in total. The van der Waals surface area contributed by atoms with Gasteiger partial charge in [-0.1, -0.05) is 5.16 Å². The van der Waals surface area contributed by atoms with Gasteiger partial charge in [0.1, 0.15) is 11.1 Å². The van der Waals surface area contributed by atoms with Gasteiger partial charge >= 0.3 is 0 Å². The molecule has 0 unspecified atom stereocenters. The van der Waals surface area contributed by atoms with Crippen LogP contribution in [0.3, 0.4) is 0 Å². The van der Waals surface area contributed by atoms with E-state index in [-0.39, 0.29) is 5.91 Å². The molecule has 1 aliphatic carbocycles. The van der Waals surface area contributed by atoms with E-state index in [4.69, 9.17) is 4.52 Å². The van der Waals surface area contributed by atoms with E-state index in [9.17, 15) is 10.1 Å². The maximum atomic E-state index is 12.6. The van der Waals surface area contributed by atoms with Crippen molar-refractivity contribution in [1.29, 1.82) is 5.26 Å². The average molecular weight is 364 g/mol. The van der Waals surface area contributed by atoms with E-state index in [1.165, 1.54) is 16.2 Å². The van der Waals surface area contributed by atoms with Crippen LogP contribution in [0.15, 0.2) is 28.8 Å². The molecule has 0 aliphatic heterocycles. The van der Waals surface area contributed by atoms with Gasteiger partial charge in [0.25, 0.3) is 11.8 Å². The molecule has 3 aromatic rings. The van der Waals surface area contributed by atoms with Crippen molar-refractivity contribution >= 4 is 22.2 Å². The van der Waals surface area contributed by atoms with Crippen LogP contribution in [-0.2, 0) is 12.8 Å². The first kappa shape index (κ1) is 16.5. The molecule has 7 heteroatoms. The van der Waals surface area contributed by atoms with E-state index in [0.29, 0.717) is 27.8 Å². The summed E-state index contributed by atoms with van der Waals surface area (Å²) in [5, 5.41) is 16.8. The highest BCUT2D eigenvalue weighted by Gasteiger charge is 2.22. The number of benzene rings is 1. The zero-order chi connectivity index (χ0) is 18.1. The molecule has 4 rings (SSSR count). The predicted octanol–water partition coefficient (Wildman–Crippen LogP) is 4.11. The minimum absolute atomic E-state index is 0.228. The van der Waals surface area contributed by atoms with Crippen LogP contribution < -0.4 is 5.32 Å². The second kappa shape index (κ2) is 6.73. The van der Waals surface area contributed by atoms with Crippen molar-refractivity contribution < 1.29 is 9.32 Å². The van der Waals surface area contributed by atoms with Gasteiger partial charge in [-0.25, -0.2) is 0 Å². The summed E-state index contributed by atoms with van der Waals surface area (Å²) in [5.41, 5.74) is 3.00. The molecule has 0 bridgehead atoms. The van der Waals surface area contributed by atoms with Gasteiger partial charge in [0, 0.05) is 16.0 Å². The fourth-order valence-corrected chi connectivity index (χ4v) is 4.36. The van der Waals surface area contributed by atoms with Crippen LogP contribution in [0.4, 0.5) is 5.00 Å². The van der Waals surface area contributed by atoms with Crippen molar-refractivity contribution in [2.24, 2.45) is 0 Å². The predicted molar refractivity (Wildman–Crippen MR) is 98.1 cm³/mol. The number of aryl methyl sites for hydroxylation is 2. The number of fused-ring (bicyclic) bond motifs is 1. The largest absolute Gasteiger partial charge is 0.334 e. The lowest BCUT2D eigenvalue weighted by Crippen LogP contribution is -2.11. The minimum Gasteiger partial charge on any atom is -0.334 e. The van der Waals surface area contributed by atoms with Crippen LogP contribution >= 0.6 is 11.3 Å². The quantitative estimate of drug-likeness (QED) is 0.755. The highest BCUT2D eigenvalue weighted by molar-refractivity contribution is 7.16. The molecule has 26 heavy (non-hydrogen) atoms. The number of nitriles is 1. The number of hydrogen-bond donors (Lipinski definition) is 1. The first-order valence-electron chi connectivity index (χ1n) is 8.42. The first-order valence-corrected chi connectivity index (χ1v) is 9.24. The number of aromatic nitrogens is 2. The Kier molecular flexibility index (Phi) is 4.27. The van der Waals surface area contributed by atoms with Crippen LogP contribution in [0.1, 0.15) is 45.0 Å². The summed E-state index contributed by atoms with van der Waals surface area (Å²) < 4.78 is 5.13. The topological polar surface area (TPSA) is 91.8 Å². The highest BCUT2D eigenvalue weighted by atomic mass is 32.1. The fourth-order valence-electron chi connectivity index (χ4n) is 3.13. The Morgan fingerprint density at radius 3 is 2.73 bits per heavy atom. The molecule has 0 fully saturated rings. The molecule has 6 nitrogen and oxygen atoms in total. The van der Waals surface area contributed by atoms with Gasteiger partial charge in [-0.2, -0.15) is 10.2 Å². The van der Waals surface area contributed by atoms with Gasteiger partial charge in [-0.15, -0.1) is 11.3 Å². The molecule has 2 aromatic heterocycles. The zero-order valence-electron chi connectivity index (χ0n) is 14.2. The van der Waals surface area contributed by atoms with Crippen molar-refractivity contribution in [1.82, 2.24) is 10.1 Å². The maximum absolute atomic E-state index is 12.6. The summed E-state index contributed by atoms with van der Waals surface area (Å²) in [6, 6.07) is 9.23. The van der Waals surface area contributed by atoms with Crippen LogP contribution in [0.25, 0.3) is 11.5 Å².